The molecule has 1 aromatic heterocycles. The van der Waals surface area contributed by atoms with Gasteiger partial charge in [0.25, 0.3) is 0 Å². The van der Waals surface area contributed by atoms with Crippen LogP contribution in [0.25, 0.3) is 0 Å². The second kappa shape index (κ2) is 5.81. The van der Waals surface area contributed by atoms with Crippen LogP contribution in [0.5, 0.6) is 5.75 Å². The van der Waals surface area contributed by atoms with Gasteiger partial charge in [-0.15, -0.1) is 0 Å². The molecule has 0 radical (unpaired) electrons. The van der Waals surface area contributed by atoms with Crippen LogP contribution in [0.4, 0.5) is 8.78 Å². The van der Waals surface area contributed by atoms with Crippen LogP contribution in [0.15, 0.2) is 28.9 Å². The lowest BCUT2D eigenvalue weighted by molar-refractivity contribution is 0.187. The number of aromatic nitrogens is 1. The lowest BCUT2D eigenvalue weighted by Gasteiger charge is -2.30. The van der Waals surface area contributed by atoms with Crippen LogP contribution in [0.3, 0.4) is 0 Å². The number of aromatic hydroxyl groups is 1. The van der Waals surface area contributed by atoms with Crippen molar-refractivity contribution in [3.63, 3.8) is 0 Å². The number of hydrogen-bond donors (Lipinski definition) is 1. The molecule has 2 aromatic rings. The summed E-state index contributed by atoms with van der Waals surface area (Å²) in [5.41, 5.74) is 0.267. The number of phenols is 1. The zero-order valence-corrected chi connectivity index (χ0v) is 11.4. The fourth-order valence-electron chi connectivity index (χ4n) is 2.75. The Balaban J connectivity index is 1.62. The zero-order chi connectivity index (χ0) is 14.8. The molecule has 0 amide bonds. The topological polar surface area (TPSA) is 49.5 Å². The molecule has 112 valence electrons. The largest absolute Gasteiger partial charge is 0.505 e. The second-order valence-electron chi connectivity index (χ2n) is 5.34. The lowest BCUT2D eigenvalue weighted by Crippen LogP contribution is -2.32. The maximum atomic E-state index is 13.7. The van der Waals surface area contributed by atoms with E-state index in [1.54, 1.807) is 6.20 Å². The van der Waals surface area contributed by atoms with Crippen molar-refractivity contribution >= 4 is 0 Å². The summed E-state index contributed by atoms with van der Waals surface area (Å²) >= 11 is 0. The predicted octanol–water partition coefficient (Wildman–Crippen LogP) is 3.04. The SMILES string of the molecule is Oc1ccc(CN2CCC(c3ccno3)CC2)c(F)c1F. The van der Waals surface area contributed by atoms with Crippen molar-refractivity contribution in [2.45, 2.75) is 25.3 Å². The normalized spacial score (nSPS) is 17.2. The Kier molecular flexibility index (Phi) is 3.88. The monoisotopic (exact) mass is 294 g/mol. The summed E-state index contributed by atoms with van der Waals surface area (Å²) in [5, 5.41) is 12.8. The molecule has 1 fully saturated rings. The van der Waals surface area contributed by atoms with Crippen molar-refractivity contribution in [3.8, 4) is 5.75 Å². The highest BCUT2D eigenvalue weighted by Gasteiger charge is 2.24. The summed E-state index contributed by atoms with van der Waals surface area (Å²) in [4.78, 5) is 2.07. The molecule has 1 saturated heterocycles. The zero-order valence-electron chi connectivity index (χ0n) is 11.4. The summed E-state index contributed by atoms with van der Waals surface area (Å²) < 4.78 is 32.2. The average molecular weight is 294 g/mol. The molecular formula is C15H16F2N2O2. The highest BCUT2D eigenvalue weighted by Crippen LogP contribution is 2.29. The van der Waals surface area contributed by atoms with Crippen LogP contribution in [0, 0.1) is 11.6 Å². The highest BCUT2D eigenvalue weighted by molar-refractivity contribution is 5.29. The third kappa shape index (κ3) is 2.90. The Labute approximate surface area is 121 Å². The Morgan fingerprint density at radius 1 is 1.19 bits per heavy atom. The van der Waals surface area contributed by atoms with E-state index in [-0.39, 0.29) is 5.56 Å². The molecule has 3 rings (SSSR count). The number of benzene rings is 1. The predicted molar refractivity (Wildman–Crippen MR) is 71.8 cm³/mol. The third-order valence-corrected chi connectivity index (χ3v) is 3.98. The molecule has 6 heteroatoms. The molecule has 1 N–H and O–H groups in total. The standard InChI is InChI=1S/C15H16F2N2O2/c16-14-11(1-2-12(20)15(14)17)9-19-7-4-10(5-8-19)13-3-6-18-21-13/h1-3,6,10,20H,4-5,7-9H2. The molecular weight excluding hydrogens is 278 g/mol. The maximum absolute atomic E-state index is 13.7. The molecule has 0 saturated carbocycles. The molecule has 1 aliphatic rings. The lowest BCUT2D eigenvalue weighted by atomic mass is 9.94. The number of rotatable bonds is 3. The first kappa shape index (κ1) is 14.0. The second-order valence-corrected chi connectivity index (χ2v) is 5.34. The average Bonchev–Trinajstić information content (AvgIpc) is 3.03. The Bertz CT molecular complexity index is 608. The van der Waals surface area contributed by atoms with Gasteiger partial charge in [-0.25, -0.2) is 4.39 Å². The number of hydrogen-bond acceptors (Lipinski definition) is 4. The Hall–Kier alpha value is -1.95. The fourth-order valence-corrected chi connectivity index (χ4v) is 2.75. The minimum Gasteiger partial charge on any atom is -0.505 e. The van der Waals surface area contributed by atoms with Gasteiger partial charge < -0.3 is 9.63 Å². The smallest absolute Gasteiger partial charge is 0.200 e. The number of halogens is 2. The van der Waals surface area contributed by atoms with Crippen molar-refractivity contribution in [1.29, 1.82) is 0 Å². The quantitative estimate of drug-likeness (QED) is 0.945. The summed E-state index contributed by atoms with van der Waals surface area (Å²) in [6.45, 7) is 1.91. The van der Waals surface area contributed by atoms with E-state index in [0.717, 1.165) is 31.7 Å². The van der Waals surface area contributed by atoms with Crippen molar-refractivity contribution in [2.75, 3.05) is 13.1 Å². The maximum Gasteiger partial charge on any atom is 0.200 e. The molecule has 21 heavy (non-hydrogen) atoms. The Morgan fingerprint density at radius 3 is 2.62 bits per heavy atom. The van der Waals surface area contributed by atoms with Crippen molar-refractivity contribution in [1.82, 2.24) is 10.1 Å². The minimum absolute atomic E-state index is 0.267. The molecule has 0 atom stereocenters. The van der Waals surface area contributed by atoms with E-state index in [2.05, 4.69) is 10.1 Å². The number of nitrogens with zero attached hydrogens (tertiary/aromatic N) is 2. The first-order chi connectivity index (χ1) is 10.1. The molecule has 2 heterocycles. The highest BCUT2D eigenvalue weighted by atomic mass is 19.2. The first-order valence-electron chi connectivity index (χ1n) is 6.94. The molecule has 0 bridgehead atoms. The summed E-state index contributed by atoms with van der Waals surface area (Å²) in [5.74, 6) is -1.57. The van der Waals surface area contributed by atoms with Crippen molar-refractivity contribution in [2.24, 2.45) is 0 Å². The van der Waals surface area contributed by atoms with Crippen LogP contribution in [0.2, 0.25) is 0 Å². The minimum atomic E-state index is -1.18. The molecule has 0 spiro atoms. The van der Waals surface area contributed by atoms with Gasteiger partial charge in [0.05, 0.1) is 6.20 Å². The Morgan fingerprint density at radius 2 is 1.95 bits per heavy atom. The van der Waals surface area contributed by atoms with E-state index in [0.29, 0.717) is 12.5 Å². The molecule has 1 aromatic carbocycles. The van der Waals surface area contributed by atoms with Gasteiger partial charge in [-0.2, -0.15) is 4.39 Å². The van der Waals surface area contributed by atoms with Gasteiger partial charge in [-0.1, -0.05) is 11.2 Å². The fraction of sp³-hybridized carbons (Fsp3) is 0.400. The van der Waals surface area contributed by atoms with Crippen LogP contribution < -0.4 is 0 Å². The summed E-state index contributed by atoms with van der Waals surface area (Å²) in [6.07, 6.45) is 3.44. The van der Waals surface area contributed by atoms with Gasteiger partial charge in [0.1, 0.15) is 5.76 Å². The van der Waals surface area contributed by atoms with Gasteiger partial charge >= 0.3 is 0 Å². The number of piperidine rings is 1. The van der Waals surface area contributed by atoms with E-state index < -0.39 is 17.4 Å². The van der Waals surface area contributed by atoms with E-state index >= 15 is 0 Å². The van der Waals surface area contributed by atoms with E-state index in [9.17, 15) is 8.78 Å². The van der Waals surface area contributed by atoms with Crippen LogP contribution in [-0.2, 0) is 6.54 Å². The summed E-state index contributed by atoms with van der Waals surface area (Å²) in [6, 6.07) is 4.49. The van der Waals surface area contributed by atoms with Crippen LogP contribution in [0.1, 0.15) is 30.1 Å². The van der Waals surface area contributed by atoms with Crippen molar-refractivity contribution < 1.29 is 18.4 Å². The van der Waals surface area contributed by atoms with E-state index in [4.69, 9.17) is 9.63 Å². The van der Waals surface area contributed by atoms with Gasteiger partial charge in [0.2, 0.25) is 5.82 Å². The third-order valence-electron chi connectivity index (χ3n) is 3.98. The molecule has 1 aliphatic heterocycles. The van der Waals surface area contributed by atoms with Crippen LogP contribution in [-0.4, -0.2) is 28.3 Å². The van der Waals surface area contributed by atoms with Crippen LogP contribution >= 0.6 is 0 Å². The summed E-state index contributed by atoms with van der Waals surface area (Å²) in [7, 11) is 0. The number of phenolic OH excluding ortho intramolecular Hbond substituents is 1. The van der Waals surface area contributed by atoms with E-state index in [1.165, 1.54) is 12.1 Å². The van der Waals surface area contributed by atoms with Gasteiger partial charge in [-0.05, 0) is 32.0 Å². The first-order valence-corrected chi connectivity index (χ1v) is 6.94. The van der Waals surface area contributed by atoms with Gasteiger partial charge in [0, 0.05) is 24.1 Å². The van der Waals surface area contributed by atoms with E-state index in [1.807, 2.05) is 6.07 Å². The molecule has 0 aliphatic carbocycles. The van der Waals surface area contributed by atoms with Crippen molar-refractivity contribution in [3.05, 3.63) is 47.4 Å². The molecule has 0 unspecified atom stereocenters. The molecule has 4 nitrogen and oxygen atoms in total. The van der Waals surface area contributed by atoms with Gasteiger partial charge in [0.15, 0.2) is 11.6 Å². The number of likely N-dealkylation sites (tertiary alicyclic amines) is 1. The van der Waals surface area contributed by atoms with Gasteiger partial charge in [-0.3, -0.25) is 4.90 Å².